The zero-order chi connectivity index (χ0) is 23.9. The van der Waals surface area contributed by atoms with Crippen molar-refractivity contribution in [3.8, 4) is 11.1 Å². The maximum absolute atomic E-state index is 14.1. The second-order valence-corrected chi connectivity index (χ2v) is 9.31. The van der Waals surface area contributed by atoms with Crippen molar-refractivity contribution in [2.45, 2.75) is 51.7 Å². The third kappa shape index (κ3) is 4.91. The Bertz CT molecular complexity index is 1090. The van der Waals surface area contributed by atoms with Crippen LogP contribution in [0.5, 0.6) is 0 Å². The molecule has 1 aromatic heterocycles. The van der Waals surface area contributed by atoms with Crippen molar-refractivity contribution in [2.24, 2.45) is 11.7 Å². The molecule has 1 saturated heterocycles. The summed E-state index contributed by atoms with van der Waals surface area (Å²) < 4.78 is 33.6. The quantitative estimate of drug-likeness (QED) is 0.684. The normalized spacial score (nSPS) is 21.1. The minimum absolute atomic E-state index is 0.00874. The number of aromatic nitrogens is 1. The highest BCUT2D eigenvalue weighted by molar-refractivity contribution is 6.02. The second-order valence-electron chi connectivity index (χ2n) is 9.31. The highest BCUT2D eigenvalue weighted by Crippen LogP contribution is 2.40. The molecular weight excluding hydrogens is 430 g/mol. The van der Waals surface area contributed by atoms with Crippen LogP contribution in [0.2, 0.25) is 0 Å². The number of pyridine rings is 1. The van der Waals surface area contributed by atoms with E-state index >= 15 is 0 Å². The van der Waals surface area contributed by atoms with Crippen LogP contribution in [0.1, 0.15) is 49.2 Å². The number of halogens is 2. The summed E-state index contributed by atoms with van der Waals surface area (Å²) in [6.07, 6.45) is 3.26. The molecule has 1 aliphatic carbocycles. The lowest BCUT2D eigenvalue weighted by atomic mass is 9.97. The standard InChI is InChI=1S/C24H28F2N4O3/c1-13-11-28-20(22(31)29-14(2)15-4-5-15)21(19(13)16-8-17(25)10-18(26)9-16)30-7-6-24(3,12-30)33-23(27)32/h8-11,14-15H,4-7,12H2,1-3H3,(H2,27,32)(H,29,31)/t14-,24-/m0/s1. The monoisotopic (exact) mass is 458 g/mol. The Kier molecular flexibility index (Phi) is 5.99. The average molecular weight is 459 g/mol. The van der Waals surface area contributed by atoms with E-state index in [0.717, 1.165) is 18.9 Å². The van der Waals surface area contributed by atoms with Gasteiger partial charge in [0.2, 0.25) is 0 Å². The van der Waals surface area contributed by atoms with Gasteiger partial charge in [0.15, 0.2) is 5.69 Å². The third-order valence-electron chi connectivity index (χ3n) is 6.40. The molecule has 9 heteroatoms. The molecule has 2 amide bonds. The van der Waals surface area contributed by atoms with Crippen LogP contribution >= 0.6 is 0 Å². The van der Waals surface area contributed by atoms with Gasteiger partial charge in [-0.25, -0.2) is 18.6 Å². The molecule has 3 N–H and O–H groups in total. The van der Waals surface area contributed by atoms with Crippen LogP contribution in [0.15, 0.2) is 24.4 Å². The largest absolute Gasteiger partial charge is 0.441 e. The van der Waals surface area contributed by atoms with E-state index in [2.05, 4.69) is 10.3 Å². The molecule has 0 bridgehead atoms. The number of carbonyl (C=O) groups excluding carboxylic acids is 2. The summed E-state index contributed by atoms with van der Waals surface area (Å²) in [5, 5.41) is 3.01. The third-order valence-corrected chi connectivity index (χ3v) is 6.40. The molecule has 0 spiro atoms. The summed E-state index contributed by atoms with van der Waals surface area (Å²) in [5.74, 6) is -1.35. The first-order chi connectivity index (χ1) is 15.6. The zero-order valence-electron chi connectivity index (χ0n) is 19.0. The Morgan fingerprint density at radius 3 is 2.55 bits per heavy atom. The first-order valence-corrected chi connectivity index (χ1v) is 11.1. The van der Waals surface area contributed by atoms with Crippen molar-refractivity contribution >= 4 is 17.7 Å². The van der Waals surface area contributed by atoms with E-state index in [1.165, 1.54) is 18.3 Å². The molecule has 2 aromatic rings. The first-order valence-electron chi connectivity index (χ1n) is 11.1. The fraction of sp³-hybridized carbons (Fsp3) is 0.458. The summed E-state index contributed by atoms with van der Waals surface area (Å²) in [4.78, 5) is 31.0. The predicted octanol–water partition coefficient (Wildman–Crippen LogP) is 3.93. The fourth-order valence-electron chi connectivity index (χ4n) is 4.57. The van der Waals surface area contributed by atoms with Crippen LogP contribution in [0, 0.1) is 24.5 Å². The first kappa shape index (κ1) is 22.9. The molecule has 7 nitrogen and oxygen atoms in total. The van der Waals surface area contributed by atoms with Gasteiger partial charge in [-0.05, 0) is 62.8 Å². The van der Waals surface area contributed by atoms with E-state index in [1.54, 1.807) is 13.8 Å². The Labute approximate surface area is 191 Å². The molecule has 0 radical (unpaired) electrons. The van der Waals surface area contributed by atoms with Crippen molar-refractivity contribution < 1.29 is 23.1 Å². The minimum atomic E-state index is -0.884. The predicted molar refractivity (Wildman–Crippen MR) is 120 cm³/mol. The Hall–Kier alpha value is -3.23. The molecule has 1 aliphatic heterocycles. The van der Waals surface area contributed by atoms with Gasteiger partial charge >= 0.3 is 6.09 Å². The van der Waals surface area contributed by atoms with Gasteiger partial charge in [-0.2, -0.15) is 0 Å². The fourth-order valence-corrected chi connectivity index (χ4v) is 4.57. The summed E-state index contributed by atoms with van der Waals surface area (Å²) in [5.41, 5.74) is 6.47. The van der Waals surface area contributed by atoms with E-state index in [9.17, 15) is 18.4 Å². The minimum Gasteiger partial charge on any atom is -0.441 e. The number of benzene rings is 1. The lowest BCUT2D eigenvalue weighted by Crippen LogP contribution is -2.39. The van der Waals surface area contributed by atoms with Crippen LogP contribution in [0.25, 0.3) is 11.1 Å². The van der Waals surface area contributed by atoms with Gasteiger partial charge < -0.3 is 20.7 Å². The summed E-state index contributed by atoms with van der Waals surface area (Å²) >= 11 is 0. The molecular formula is C24H28F2N4O3. The van der Waals surface area contributed by atoms with E-state index in [4.69, 9.17) is 10.5 Å². The highest BCUT2D eigenvalue weighted by atomic mass is 19.1. The van der Waals surface area contributed by atoms with Crippen molar-refractivity contribution in [2.75, 3.05) is 18.0 Å². The van der Waals surface area contributed by atoms with E-state index in [1.807, 2.05) is 11.8 Å². The number of ether oxygens (including phenoxy) is 1. The Balaban J connectivity index is 1.82. The van der Waals surface area contributed by atoms with Gasteiger partial charge in [0.05, 0.1) is 12.2 Å². The smallest absolute Gasteiger partial charge is 0.405 e. The van der Waals surface area contributed by atoms with Crippen LogP contribution in [-0.4, -0.2) is 41.7 Å². The van der Waals surface area contributed by atoms with Crippen molar-refractivity contribution in [3.05, 3.63) is 47.3 Å². The zero-order valence-corrected chi connectivity index (χ0v) is 19.0. The molecule has 1 saturated carbocycles. The number of hydrogen-bond donors (Lipinski definition) is 2. The molecule has 2 aliphatic rings. The Morgan fingerprint density at radius 1 is 1.27 bits per heavy atom. The van der Waals surface area contributed by atoms with Gasteiger partial charge in [0.1, 0.15) is 17.2 Å². The number of nitrogens with zero attached hydrogens (tertiary/aromatic N) is 2. The van der Waals surface area contributed by atoms with Crippen molar-refractivity contribution in [3.63, 3.8) is 0 Å². The molecule has 176 valence electrons. The highest BCUT2D eigenvalue weighted by Gasteiger charge is 2.40. The van der Waals surface area contributed by atoms with Crippen molar-refractivity contribution in [1.82, 2.24) is 10.3 Å². The lowest BCUT2D eigenvalue weighted by molar-refractivity contribution is 0.0480. The van der Waals surface area contributed by atoms with Gasteiger partial charge in [-0.3, -0.25) is 4.79 Å². The number of nitrogens with two attached hydrogens (primary N) is 1. The molecule has 2 heterocycles. The van der Waals surface area contributed by atoms with Crippen molar-refractivity contribution in [1.29, 1.82) is 0 Å². The number of primary amides is 1. The van der Waals surface area contributed by atoms with Crippen LogP contribution in [0.4, 0.5) is 19.3 Å². The molecule has 0 unspecified atom stereocenters. The van der Waals surface area contributed by atoms with E-state index in [0.29, 0.717) is 41.3 Å². The van der Waals surface area contributed by atoms with Gasteiger partial charge in [0, 0.05) is 36.8 Å². The number of hydrogen-bond acceptors (Lipinski definition) is 5. The molecule has 33 heavy (non-hydrogen) atoms. The molecule has 1 aromatic carbocycles. The molecule has 4 rings (SSSR count). The number of nitrogens with one attached hydrogen (secondary N) is 1. The number of amides is 2. The summed E-state index contributed by atoms with van der Waals surface area (Å²) in [7, 11) is 0. The summed E-state index contributed by atoms with van der Waals surface area (Å²) in [6, 6.07) is 3.26. The number of anilines is 1. The van der Waals surface area contributed by atoms with Gasteiger partial charge in [-0.1, -0.05) is 0 Å². The Morgan fingerprint density at radius 2 is 1.94 bits per heavy atom. The number of aryl methyl sites for hydroxylation is 1. The average Bonchev–Trinajstić information content (AvgIpc) is 3.49. The summed E-state index contributed by atoms with van der Waals surface area (Å²) in [6.45, 7) is 6.19. The van der Waals surface area contributed by atoms with Crippen LogP contribution < -0.4 is 16.0 Å². The van der Waals surface area contributed by atoms with E-state index in [-0.39, 0.29) is 24.2 Å². The molecule has 2 fully saturated rings. The van der Waals surface area contributed by atoms with Gasteiger partial charge in [-0.15, -0.1) is 0 Å². The molecule has 2 atom stereocenters. The van der Waals surface area contributed by atoms with E-state index < -0.39 is 23.3 Å². The van der Waals surface area contributed by atoms with Crippen LogP contribution in [-0.2, 0) is 4.74 Å². The maximum atomic E-state index is 14.1. The topological polar surface area (TPSA) is 97.6 Å². The maximum Gasteiger partial charge on any atom is 0.405 e. The van der Waals surface area contributed by atoms with Crippen LogP contribution in [0.3, 0.4) is 0 Å². The number of rotatable bonds is 6. The number of carbonyl (C=O) groups is 2. The van der Waals surface area contributed by atoms with Gasteiger partial charge in [0.25, 0.3) is 5.91 Å². The second kappa shape index (κ2) is 8.61. The lowest BCUT2D eigenvalue weighted by Gasteiger charge is -2.28. The SMILES string of the molecule is Cc1cnc(C(=O)N[C@@H](C)C2CC2)c(N2CC[C@](C)(OC(N)=O)C2)c1-c1cc(F)cc(F)c1.